The lowest BCUT2D eigenvalue weighted by atomic mass is 10.0. The number of piperidine rings is 1. The van der Waals surface area contributed by atoms with E-state index in [2.05, 4.69) is 5.32 Å². The predicted octanol–water partition coefficient (Wildman–Crippen LogP) is 2.10. The molecule has 2 aromatic carbocycles. The molecular weight excluding hydrogens is 426 g/mol. The summed E-state index contributed by atoms with van der Waals surface area (Å²) in [4.78, 5) is 35.3. The molecule has 1 heterocycles. The van der Waals surface area contributed by atoms with E-state index in [0.29, 0.717) is 31.5 Å². The van der Waals surface area contributed by atoms with E-state index in [4.69, 9.17) is 4.18 Å². The number of nitrogens with zero attached hydrogens (tertiary/aromatic N) is 2. The topological polar surface area (TPSA) is 136 Å². The van der Waals surface area contributed by atoms with Crippen LogP contribution in [-0.4, -0.2) is 49.2 Å². The average molecular weight is 447 g/mol. The van der Waals surface area contributed by atoms with E-state index in [-0.39, 0.29) is 34.2 Å². The molecule has 0 atom stereocenters. The van der Waals surface area contributed by atoms with Crippen molar-refractivity contribution in [3.63, 3.8) is 0 Å². The van der Waals surface area contributed by atoms with E-state index in [9.17, 15) is 28.1 Å². The van der Waals surface area contributed by atoms with Crippen molar-refractivity contribution < 1.29 is 27.1 Å². The van der Waals surface area contributed by atoms with Gasteiger partial charge in [0.2, 0.25) is 5.91 Å². The van der Waals surface area contributed by atoms with Crippen LogP contribution in [0, 0.1) is 10.1 Å². The third-order valence-corrected chi connectivity index (χ3v) is 6.06. The molecule has 11 heteroatoms. The van der Waals surface area contributed by atoms with Gasteiger partial charge in [-0.05, 0) is 43.2 Å². The summed E-state index contributed by atoms with van der Waals surface area (Å²) in [6.07, 6.45) is 1.32. The van der Waals surface area contributed by atoms with Crippen LogP contribution in [0.3, 0.4) is 0 Å². The van der Waals surface area contributed by atoms with E-state index in [1.165, 1.54) is 49.4 Å². The lowest BCUT2D eigenvalue weighted by molar-refractivity contribution is -0.385. The van der Waals surface area contributed by atoms with Gasteiger partial charge in [-0.1, -0.05) is 6.07 Å². The van der Waals surface area contributed by atoms with Gasteiger partial charge < -0.3 is 14.4 Å². The number of carbonyl (C=O) groups is 2. The molecule has 0 unspecified atom stereocenters. The highest BCUT2D eigenvalue weighted by Crippen LogP contribution is 2.23. The second-order valence-electron chi connectivity index (χ2n) is 7.08. The third-order valence-electron chi connectivity index (χ3n) is 4.81. The molecule has 10 nitrogen and oxygen atoms in total. The maximum atomic E-state index is 12.7. The highest BCUT2D eigenvalue weighted by molar-refractivity contribution is 7.87. The molecule has 0 aromatic heterocycles. The zero-order valence-electron chi connectivity index (χ0n) is 16.7. The molecular formula is C20H21N3O7S. The third kappa shape index (κ3) is 5.57. The minimum Gasteiger partial charge on any atom is -0.379 e. The molecule has 1 N–H and O–H groups in total. The summed E-state index contributed by atoms with van der Waals surface area (Å²) >= 11 is 0. The summed E-state index contributed by atoms with van der Waals surface area (Å²) in [5, 5.41) is 13.7. The Bertz CT molecular complexity index is 1090. The smallest absolute Gasteiger partial charge is 0.339 e. The number of likely N-dealkylation sites (tertiary alicyclic amines) is 1. The van der Waals surface area contributed by atoms with Gasteiger partial charge >= 0.3 is 10.1 Å². The van der Waals surface area contributed by atoms with Gasteiger partial charge in [0.15, 0.2) is 0 Å². The standard InChI is InChI=1S/C20H21N3O7S/c1-14(24)21-16-9-11-22(12-10-16)20(25)15-5-7-18(8-6-15)30-31(28,29)19-4-2-3-17(13-19)23(26)27/h2-8,13,16H,9-12H2,1H3,(H,21,24). The van der Waals surface area contributed by atoms with E-state index >= 15 is 0 Å². The van der Waals surface area contributed by atoms with Crippen LogP contribution in [0.1, 0.15) is 30.1 Å². The number of nitro benzene ring substituents is 1. The summed E-state index contributed by atoms with van der Waals surface area (Å²) < 4.78 is 29.8. The zero-order chi connectivity index (χ0) is 22.6. The van der Waals surface area contributed by atoms with Crippen molar-refractivity contribution in [2.45, 2.75) is 30.7 Å². The average Bonchev–Trinajstić information content (AvgIpc) is 2.74. The zero-order valence-corrected chi connectivity index (χ0v) is 17.5. The minimum absolute atomic E-state index is 0.0209. The summed E-state index contributed by atoms with van der Waals surface area (Å²) in [6, 6.07) is 10.2. The summed E-state index contributed by atoms with van der Waals surface area (Å²) in [5.41, 5.74) is 0.00553. The van der Waals surface area contributed by atoms with Gasteiger partial charge in [0.1, 0.15) is 10.6 Å². The summed E-state index contributed by atoms with van der Waals surface area (Å²) in [7, 11) is -4.27. The fraction of sp³-hybridized carbons (Fsp3) is 0.300. The lowest BCUT2D eigenvalue weighted by Gasteiger charge is -2.32. The highest BCUT2D eigenvalue weighted by Gasteiger charge is 2.24. The first kappa shape index (κ1) is 22.2. The van der Waals surface area contributed by atoms with E-state index < -0.39 is 15.0 Å². The summed E-state index contributed by atoms with van der Waals surface area (Å²) in [6.45, 7) is 2.47. The molecule has 0 saturated carbocycles. The Morgan fingerprint density at radius 2 is 1.77 bits per heavy atom. The van der Waals surface area contributed by atoms with Crippen LogP contribution in [0.15, 0.2) is 53.4 Å². The number of non-ortho nitro benzene ring substituents is 1. The van der Waals surface area contributed by atoms with Crippen molar-refractivity contribution in [3.8, 4) is 5.75 Å². The van der Waals surface area contributed by atoms with Crippen molar-refractivity contribution >= 4 is 27.6 Å². The first-order valence-electron chi connectivity index (χ1n) is 9.51. The predicted molar refractivity (Wildman–Crippen MR) is 110 cm³/mol. The monoisotopic (exact) mass is 447 g/mol. The molecule has 2 amide bonds. The maximum Gasteiger partial charge on any atom is 0.339 e. The highest BCUT2D eigenvalue weighted by atomic mass is 32.2. The number of amides is 2. The molecule has 0 bridgehead atoms. The fourth-order valence-corrected chi connectivity index (χ4v) is 4.25. The molecule has 0 radical (unpaired) electrons. The second kappa shape index (κ2) is 9.13. The van der Waals surface area contributed by atoms with Crippen LogP contribution in [0.2, 0.25) is 0 Å². The molecule has 2 aromatic rings. The number of benzene rings is 2. The van der Waals surface area contributed by atoms with Gasteiger partial charge in [-0.25, -0.2) is 0 Å². The molecule has 1 aliphatic rings. The Kier molecular flexibility index (Phi) is 6.54. The first-order chi connectivity index (χ1) is 14.7. The molecule has 1 fully saturated rings. The van der Waals surface area contributed by atoms with Gasteiger partial charge in [-0.2, -0.15) is 8.42 Å². The Morgan fingerprint density at radius 1 is 1.13 bits per heavy atom. The molecule has 3 rings (SSSR count). The maximum absolute atomic E-state index is 12.7. The fourth-order valence-electron chi connectivity index (χ4n) is 3.28. The van der Waals surface area contributed by atoms with Crippen molar-refractivity contribution in [2.24, 2.45) is 0 Å². The molecule has 1 aliphatic heterocycles. The van der Waals surface area contributed by atoms with Crippen molar-refractivity contribution in [2.75, 3.05) is 13.1 Å². The van der Waals surface area contributed by atoms with E-state index in [1.807, 2.05) is 0 Å². The Balaban J connectivity index is 1.65. The SMILES string of the molecule is CC(=O)NC1CCN(C(=O)c2ccc(OS(=O)(=O)c3cccc([N+](=O)[O-])c3)cc2)CC1. The van der Waals surface area contributed by atoms with E-state index in [1.54, 1.807) is 4.90 Å². The first-order valence-corrected chi connectivity index (χ1v) is 10.9. The van der Waals surface area contributed by atoms with Gasteiger partial charge in [-0.3, -0.25) is 19.7 Å². The van der Waals surface area contributed by atoms with Gasteiger partial charge in [-0.15, -0.1) is 0 Å². The largest absolute Gasteiger partial charge is 0.379 e. The lowest BCUT2D eigenvalue weighted by Crippen LogP contribution is -2.46. The second-order valence-corrected chi connectivity index (χ2v) is 8.63. The Morgan fingerprint density at radius 3 is 2.35 bits per heavy atom. The number of nitro groups is 1. The van der Waals surface area contributed by atoms with Crippen molar-refractivity contribution in [1.82, 2.24) is 10.2 Å². The van der Waals surface area contributed by atoms with Crippen LogP contribution in [0.4, 0.5) is 5.69 Å². The Labute approximate surface area is 179 Å². The van der Waals surface area contributed by atoms with Gasteiger partial charge in [0.05, 0.1) is 4.92 Å². The minimum atomic E-state index is -4.27. The number of rotatable bonds is 6. The van der Waals surface area contributed by atoms with Crippen LogP contribution in [0.25, 0.3) is 0 Å². The van der Waals surface area contributed by atoms with Crippen molar-refractivity contribution in [3.05, 3.63) is 64.2 Å². The molecule has 31 heavy (non-hydrogen) atoms. The van der Waals surface area contributed by atoms with Crippen LogP contribution < -0.4 is 9.50 Å². The quantitative estimate of drug-likeness (QED) is 0.407. The molecule has 1 saturated heterocycles. The Hall–Kier alpha value is -3.47. The number of nitrogens with one attached hydrogen (secondary N) is 1. The van der Waals surface area contributed by atoms with E-state index in [0.717, 1.165) is 6.07 Å². The number of hydrogen-bond donors (Lipinski definition) is 1. The molecule has 164 valence electrons. The van der Waals surface area contributed by atoms with Crippen molar-refractivity contribution in [1.29, 1.82) is 0 Å². The molecule has 0 spiro atoms. The van der Waals surface area contributed by atoms with Crippen LogP contribution in [0.5, 0.6) is 5.75 Å². The van der Waals surface area contributed by atoms with Crippen LogP contribution in [-0.2, 0) is 14.9 Å². The summed E-state index contributed by atoms with van der Waals surface area (Å²) in [5.74, 6) is -0.317. The number of carbonyl (C=O) groups excluding carboxylic acids is 2. The number of hydrogen-bond acceptors (Lipinski definition) is 7. The van der Waals surface area contributed by atoms with Gasteiger partial charge in [0, 0.05) is 43.8 Å². The van der Waals surface area contributed by atoms with Crippen LogP contribution >= 0.6 is 0 Å². The molecule has 0 aliphatic carbocycles. The van der Waals surface area contributed by atoms with Gasteiger partial charge in [0.25, 0.3) is 11.6 Å². The normalized spacial score (nSPS) is 14.7.